The van der Waals surface area contributed by atoms with Gasteiger partial charge in [-0.1, -0.05) is 30.3 Å². The summed E-state index contributed by atoms with van der Waals surface area (Å²) in [5.74, 6) is 1.46. The lowest BCUT2D eigenvalue weighted by Crippen LogP contribution is -2.01. The second kappa shape index (κ2) is 6.25. The largest absolute Gasteiger partial charge is 0.493 e. The molecule has 0 aliphatic heterocycles. The van der Waals surface area contributed by atoms with E-state index in [0.29, 0.717) is 13.2 Å². The third-order valence-electron chi connectivity index (χ3n) is 3.11. The van der Waals surface area contributed by atoms with Gasteiger partial charge in [0.25, 0.3) is 0 Å². The molecule has 2 N–H and O–H groups in total. The summed E-state index contributed by atoms with van der Waals surface area (Å²) in [6.45, 7) is 3.10. The topological polar surface area (TPSA) is 44.5 Å². The van der Waals surface area contributed by atoms with E-state index in [1.165, 1.54) is 11.1 Å². The minimum absolute atomic E-state index is 0.494. The third kappa shape index (κ3) is 3.26. The van der Waals surface area contributed by atoms with Crippen LogP contribution < -0.4 is 15.2 Å². The number of rotatable bonds is 5. The minimum atomic E-state index is 0.494. The van der Waals surface area contributed by atoms with Crippen molar-refractivity contribution in [2.75, 3.05) is 7.11 Å². The monoisotopic (exact) mass is 257 g/mol. The number of benzene rings is 2. The van der Waals surface area contributed by atoms with Gasteiger partial charge in [-0.05, 0) is 35.7 Å². The molecule has 0 saturated heterocycles. The van der Waals surface area contributed by atoms with Crippen LogP contribution in [0.15, 0.2) is 42.5 Å². The first-order valence-electron chi connectivity index (χ1n) is 6.29. The van der Waals surface area contributed by atoms with E-state index < -0.39 is 0 Å². The van der Waals surface area contributed by atoms with Gasteiger partial charge in [0.15, 0.2) is 11.5 Å². The van der Waals surface area contributed by atoms with Gasteiger partial charge in [0.05, 0.1) is 7.11 Å². The van der Waals surface area contributed by atoms with Crippen molar-refractivity contribution in [1.82, 2.24) is 0 Å². The molecule has 2 rings (SSSR count). The van der Waals surface area contributed by atoms with Gasteiger partial charge in [-0.3, -0.25) is 0 Å². The Balaban J connectivity index is 2.13. The second-order valence-corrected chi connectivity index (χ2v) is 4.40. The molecule has 0 aliphatic rings. The van der Waals surface area contributed by atoms with Gasteiger partial charge in [-0.2, -0.15) is 0 Å². The molecule has 2 aromatic carbocycles. The molecule has 0 fully saturated rings. The highest BCUT2D eigenvalue weighted by Crippen LogP contribution is 2.28. The van der Waals surface area contributed by atoms with Gasteiger partial charge in [-0.25, -0.2) is 0 Å². The Kier molecular flexibility index (Phi) is 4.42. The van der Waals surface area contributed by atoms with Crippen LogP contribution in [0.4, 0.5) is 0 Å². The van der Waals surface area contributed by atoms with E-state index in [4.69, 9.17) is 15.2 Å². The molecule has 0 aromatic heterocycles. The predicted molar refractivity (Wildman–Crippen MR) is 76.4 cm³/mol. The van der Waals surface area contributed by atoms with E-state index in [-0.39, 0.29) is 0 Å². The SMILES string of the molecule is COc1cc(CN)ccc1OCc1ccccc1C. The zero-order chi connectivity index (χ0) is 13.7. The molecular weight excluding hydrogens is 238 g/mol. The predicted octanol–water partition coefficient (Wildman–Crippen LogP) is 3.04. The summed E-state index contributed by atoms with van der Waals surface area (Å²) in [5, 5.41) is 0. The van der Waals surface area contributed by atoms with Gasteiger partial charge >= 0.3 is 0 Å². The van der Waals surface area contributed by atoms with Crippen molar-refractivity contribution < 1.29 is 9.47 Å². The van der Waals surface area contributed by atoms with Crippen molar-refractivity contribution in [2.45, 2.75) is 20.1 Å². The molecule has 0 saturated carbocycles. The number of aryl methyl sites for hydroxylation is 1. The molecule has 100 valence electrons. The molecule has 0 spiro atoms. The Morgan fingerprint density at radius 1 is 1.05 bits per heavy atom. The molecule has 0 amide bonds. The second-order valence-electron chi connectivity index (χ2n) is 4.40. The number of hydrogen-bond donors (Lipinski definition) is 1. The Morgan fingerprint density at radius 3 is 2.53 bits per heavy atom. The van der Waals surface area contributed by atoms with Crippen LogP contribution in [-0.2, 0) is 13.2 Å². The summed E-state index contributed by atoms with van der Waals surface area (Å²) in [6.07, 6.45) is 0. The quantitative estimate of drug-likeness (QED) is 0.895. The zero-order valence-corrected chi connectivity index (χ0v) is 11.3. The maximum absolute atomic E-state index is 5.83. The maximum Gasteiger partial charge on any atom is 0.161 e. The summed E-state index contributed by atoms with van der Waals surface area (Å²) in [7, 11) is 1.64. The fourth-order valence-electron chi connectivity index (χ4n) is 1.89. The number of methoxy groups -OCH3 is 1. The first-order valence-corrected chi connectivity index (χ1v) is 6.29. The van der Waals surface area contributed by atoms with Crippen LogP contribution in [0.2, 0.25) is 0 Å². The van der Waals surface area contributed by atoms with E-state index in [2.05, 4.69) is 19.1 Å². The average Bonchev–Trinajstić information content (AvgIpc) is 2.46. The molecule has 0 bridgehead atoms. The number of nitrogens with two attached hydrogens (primary N) is 1. The molecular formula is C16H19NO2. The van der Waals surface area contributed by atoms with Crippen LogP contribution in [-0.4, -0.2) is 7.11 Å². The molecule has 0 aliphatic carbocycles. The van der Waals surface area contributed by atoms with Crippen LogP contribution in [0, 0.1) is 6.92 Å². The lowest BCUT2D eigenvalue weighted by Gasteiger charge is -2.12. The maximum atomic E-state index is 5.83. The van der Waals surface area contributed by atoms with E-state index in [1.54, 1.807) is 7.11 Å². The number of hydrogen-bond acceptors (Lipinski definition) is 3. The fourth-order valence-corrected chi connectivity index (χ4v) is 1.89. The molecule has 0 atom stereocenters. The smallest absolute Gasteiger partial charge is 0.161 e. The van der Waals surface area contributed by atoms with Gasteiger partial charge in [-0.15, -0.1) is 0 Å². The highest BCUT2D eigenvalue weighted by atomic mass is 16.5. The van der Waals surface area contributed by atoms with Crippen LogP contribution in [0.5, 0.6) is 11.5 Å². The summed E-state index contributed by atoms with van der Waals surface area (Å²) in [6, 6.07) is 13.9. The Labute approximate surface area is 114 Å². The highest BCUT2D eigenvalue weighted by molar-refractivity contribution is 5.43. The lowest BCUT2D eigenvalue weighted by atomic mass is 10.1. The van der Waals surface area contributed by atoms with E-state index in [0.717, 1.165) is 17.1 Å². The highest BCUT2D eigenvalue weighted by Gasteiger charge is 2.06. The molecule has 3 nitrogen and oxygen atoms in total. The van der Waals surface area contributed by atoms with Gasteiger partial charge in [0, 0.05) is 6.54 Å². The van der Waals surface area contributed by atoms with Gasteiger partial charge in [0.1, 0.15) is 6.61 Å². The lowest BCUT2D eigenvalue weighted by molar-refractivity contribution is 0.283. The minimum Gasteiger partial charge on any atom is -0.493 e. The third-order valence-corrected chi connectivity index (χ3v) is 3.11. The fraction of sp³-hybridized carbons (Fsp3) is 0.250. The van der Waals surface area contributed by atoms with Crippen LogP contribution in [0.25, 0.3) is 0 Å². The Bertz CT molecular complexity index is 552. The van der Waals surface area contributed by atoms with E-state index >= 15 is 0 Å². The summed E-state index contributed by atoms with van der Waals surface area (Å²) >= 11 is 0. The van der Waals surface area contributed by atoms with Crippen molar-refractivity contribution in [3.63, 3.8) is 0 Å². The van der Waals surface area contributed by atoms with Crippen molar-refractivity contribution >= 4 is 0 Å². The summed E-state index contributed by atoms with van der Waals surface area (Å²) in [4.78, 5) is 0. The Hall–Kier alpha value is -2.00. The first kappa shape index (κ1) is 13.4. The molecule has 0 heterocycles. The first-order chi connectivity index (χ1) is 9.24. The number of ether oxygens (including phenoxy) is 2. The van der Waals surface area contributed by atoms with Crippen molar-refractivity contribution in [2.24, 2.45) is 5.73 Å². The molecule has 0 unspecified atom stereocenters. The standard InChI is InChI=1S/C16H19NO2/c1-12-5-3-4-6-14(12)11-19-15-8-7-13(10-17)9-16(15)18-2/h3-9H,10-11,17H2,1-2H3. The zero-order valence-electron chi connectivity index (χ0n) is 11.3. The summed E-state index contributed by atoms with van der Waals surface area (Å²) in [5.41, 5.74) is 9.04. The van der Waals surface area contributed by atoms with Crippen molar-refractivity contribution in [1.29, 1.82) is 0 Å². The van der Waals surface area contributed by atoms with E-state index in [9.17, 15) is 0 Å². The molecule has 19 heavy (non-hydrogen) atoms. The molecule has 3 heteroatoms. The van der Waals surface area contributed by atoms with Gasteiger partial charge in [0.2, 0.25) is 0 Å². The Morgan fingerprint density at radius 2 is 1.84 bits per heavy atom. The summed E-state index contributed by atoms with van der Waals surface area (Å²) < 4.78 is 11.2. The van der Waals surface area contributed by atoms with Crippen LogP contribution in [0.3, 0.4) is 0 Å². The van der Waals surface area contributed by atoms with Gasteiger partial charge < -0.3 is 15.2 Å². The van der Waals surface area contributed by atoms with Crippen LogP contribution in [0.1, 0.15) is 16.7 Å². The van der Waals surface area contributed by atoms with Crippen molar-refractivity contribution in [3.8, 4) is 11.5 Å². The average molecular weight is 257 g/mol. The molecule has 0 radical (unpaired) electrons. The normalized spacial score (nSPS) is 10.3. The van der Waals surface area contributed by atoms with Crippen molar-refractivity contribution in [3.05, 3.63) is 59.2 Å². The van der Waals surface area contributed by atoms with Crippen LogP contribution >= 0.6 is 0 Å². The molecule has 2 aromatic rings. The van der Waals surface area contributed by atoms with E-state index in [1.807, 2.05) is 30.3 Å².